The van der Waals surface area contributed by atoms with Gasteiger partial charge in [-0.2, -0.15) is 10.6 Å². The number of amides is 1. The zero-order valence-electron chi connectivity index (χ0n) is 13.2. The molecule has 7 nitrogen and oxygen atoms in total. The van der Waals surface area contributed by atoms with Crippen molar-refractivity contribution in [2.75, 3.05) is 0 Å². The second-order valence-corrected chi connectivity index (χ2v) is 6.80. The predicted molar refractivity (Wildman–Crippen MR) is 105 cm³/mol. The second-order valence-electron chi connectivity index (χ2n) is 5.09. The molecule has 2 aromatic rings. The molecule has 1 unspecified atom stereocenters. The monoisotopic (exact) mass is 483 g/mol. The van der Waals surface area contributed by atoms with Crippen molar-refractivity contribution in [1.82, 2.24) is 10.9 Å². The summed E-state index contributed by atoms with van der Waals surface area (Å²) in [6.07, 6.45) is 3.13. The first-order chi connectivity index (χ1) is 12.4. The smallest absolute Gasteiger partial charge is 0.271 e. The molecule has 0 saturated heterocycles. The number of carbonyl (C=O) groups excluding carboxylic acids is 1. The lowest BCUT2D eigenvalue weighted by atomic mass is 10.1. The first-order valence-corrected chi connectivity index (χ1v) is 8.86. The summed E-state index contributed by atoms with van der Waals surface area (Å²) < 4.78 is 0.998. The Morgan fingerprint density at radius 3 is 2.50 bits per heavy atom. The number of aliphatic hydroxyl groups is 1. The summed E-state index contributed by atoms with van der Waals surface area (Å²) in [6.45, 7) is 0. The first-order valence-electron chi connectivity index (χ1n) is 7.28. The van der Waals surface area contributed by atoms with Crippen LogP contribution in [0.3, 0.4) is 0 Å². The third-order valence-electron chi connectivity index (χ3n) is 3.17. The van der Waals surface area contributed by atoms with Crippen molar-refractivity contribution in [3.05, 3.63) is 68.1 Å². The molecule has 1 atom stereocenters. The van der Waals surface area contributed by atoms with E-state index in [4.69, 9.17) is 5.21 Å². The summed E-state index contributed by atoms with van der Waals surface area (Å²) in [4.78, 5) is 12.2. The van der Waals surface area contributed by atoms with Crippen molar-refractivity contribution in [2.24, 2.45) is 5.10 Å². The van der Waals surface area contributed by atoms with E-state index in [0.717, 1.165) is 0 Å². The number of rotatable bonds is 6. The summed E-state index contributed by atoms with van der Waals surface area (Å²) in [7, 11) is 0. The van der Waals surface area contributed by atoms with E-state index in [9.17, 15) is 15.0 Å². The van der Waals surface area contributed by atoms with Crippen LogP contribution in [0.5, 0.6) is 5.75 Å². The van der Waals surface area contributed by atoms with Gasteiger partial charge in [-0.15, -0.1) is 0 Å². The van der Waals surface area contributed by atoms with Crippen LogP contribution in [0.4, 0.5) is 0 Å². The van der Waals surface area contributed by atoms with Gasteiger partial charge in [0.2, 0.25) is 0 Å². The lowest BCUT2D eigenvalue weighted by Gasteiger charge is -2.04. The van der Waals surface area contributed by atoms with E-state index in [2.05, 4.69) is 42.4 Å². The minimum absolute atomic E-state index is 0.0811. The zero-order chi connectivity index (χ0) is 19.1. The van der Waals surface area contributed by atoms with Gasteiger partial charge in [-0.05, 0) is 73.3 Å². The molecule has 5 N–H and O–H groups in total. The number of hydrogen-bond donors (Lipinski definition) is 5. The Labute approximate surface area is 166 Å². The molecular weight excluding hydrogens is 470 g/mol. The minimum atomic E-state index is -1.19. The van der Waals surface area contributed by atoms with Crippen LogP contribution >= 0.6 is 31.9 Å². The topological polar surface area (TPSA) is 114 Å². The molecule has 2 rings (SSSR count). The van der Waals surface area contributed by atoms with Crippen LogP contribution in [0.25, 0.3) is 6.08 Å². The molecular formula is C17H15Br2N3O4. The standard InChI is InChI=1S/C17H15Br2N3O4/c18-13-7-11(8-14(19)16(13)24)9-20-21-17(25)12-3-1-2-10(6-12)4-5-15(23)22-26/h1-9,15,22-24,26H,(H,21,25)/b5-4+,20-9+. The number of hydroxylamine groups is 1. The molecule has 2 aromatic carbocycles. The molecule has 0 bridgehead atoms. The van der Waals surface area contributed by atoms with Gasteiger partial charge in [0, 0.05) is 5.56 Å². The highest BCUT2D eigenvalue weighted by Gasteiger charge is 2.06. The third-order valence-corrected chi connectivity index (χ3v) is 4.38. The van der Waals surface area contributed by atoms with Crippen molar-refractivity contribution in [3.8, 4) is 5.75 Å². The Morgan fingerprint density at radius 1 is 1.15 bits per heavy atom. The van der Waals surface area contributed by atoms with E-state index < -0.39 is 12.1 Å². The molecule has 0 fully saturated rings. The maximum absolute atomic E-state index is 12.2. The Kier molecular flexibility index (Phi) is 7.49. The molecule has 0 saturated carbocycles. The van der Waals surface area contributed by atoms with Crippen LogP contribution in [0.2, 0.25) is 0 Å². The quantitative estimate of drug-likeness (QED) is 0.245. The SMILES string of the molecule is O=C(N/N=C/c1cc(Br)c(O)c(Br)c1)c1cccc(/C=C/C(O)NO)c1. The van der Waals surface area contributed by atoms with Gasteiger partial charge in [-0.3, -0.25) is 4.79 Å². The summed E-state index contributed by atoms with van der Waals surface area (Å²) in [5.41, 5.74) is 5.81. The second kappa shape index (κ2) is 9.60. The molecule has 26 heavy (non-hydrogen) atoms. The normalized spacial score (nSPS) is 12.6. The molecule has 0 radical (unpaired) electrons. The molecule has 136 valence electrons. The molecule has 0 aliphatic carbocycles. The first kappa shape index (κ1) is 20.3. The number of phenols is 1. The minimum Gasteiger partial charge on any atom is -0.506 e. The van der Waals surface area contributed by atoms with E-state index in [-0.39, 0.29) is 5.75 Å². The van der Waals surface area contributed by atoms with E-state index in [1.165, 1.54) is 12.3 Å². The molecule has 9 heteroatoms. The largest absolute Gasteiger partial charge is 0.506 e. The Bertz CT molecular complexity index is 833. The number of benzene rings is 2. The fourth-order valence-electron chi connectivity index (χ4n) is 1.92. The fraction of sp³-hybridized carbons (Fsp3) is 0.0588. The summed E-state index contributed by atoms with van der Waals surface area (Å²) in [5, 5.41) is 31.3. The highest BCUT2D eigenvalue weighted by Crippen LogP contribution is 2.32. The number of aromatic hydroxyl groups is 1. The predicted octanol–water partition coefficient (Wildman–Crippen LogP) is 2.99. The maximum Gasteiger partial charge on any atom is 0.271 e. The van der Waals surface area contributed by atoms with Gasteiger partial charge in [0.25, 0.3) is 5.91 Å². The van der Waals surface area contributed by atoms with Crippen molar-refractivity contribution >= 4 is 50.1 Å². The van der Waals surface area contributed by atoms with E-state index >= 15 is 0 Å². The van der Waals surface area contributed by atoms with Gasteiger partial charge in [0.05, 0.1) is 15.2 Å². The van der Waals surface area contributed by atoms with Gasteiger partial charge in [0.15, 0.2) is 0 Å². The number of aliphatic hydroxyl groups excluding tert-OH is 1. The van der Waals surface area contributed by atoms with E-state index in [1.54, 1.807) is 48.0 Å². The number of carbonyl (C=O) groups is 1. The highest BCUT2D eigenvalue weighted by atomic mass is 79.9. The Balaban J connectivity index is 2.05. The summed E-state index contributed by atoms with van der Waals surface area (Å²) in [6, 6.07) is 9.97. The lowest BCUT2D eigenvalue weighted by molar-refractivity contribution is 0.0323. The molecule has 0 aliphatic rings. The van der Waals surface area contributed by atoms with Crippen LogP contribution in [-0.2, 0) is 0 Å². The maximum atomic E-state index is 12.2. The third kappa shape index (κ3) is 5.75. The number of nitrogens with one attached hydrogen (secondary N) is 2. The summed E-state index contributed by atoms with van der Waals surface area (Å²) in [5.74, 6) is -0.327. The number of phenolic OH excluding ortho intramolecular Hbond substituents is 1. The van der Waals surface area contributed by atoms with Gasteiger partial charge >= 0.3 is 0 Å². The van der Waals surface area contributed by atoms with Gasteiger partial charge in [0.1, 0.15) is 12.0 Å². The van der Waals surface area contributed by atoms with Crippen LogP contribution in [0.1, 0.15) is 21.5 Å². The van der Waals surface area contributed by atoms with Crippen molar-refractivity contribution in [1.29, 1.82) is 0 Å². The van der Waals surface area contributed by atoms with E-state index in [0.29, 0.717) is 25.6 Å². The number of hydrazone groups is 1. The molecule has 0 spiro atoms. The van der Waals surface area contributed by atoms with Crippen LogP contribution in [0.15, 0.2) is 56.5 Å². The van der Waals surface area contributed by atoms with Crippen LogP contribution < -0.4 is 10.9 Å². The molecule has 0 aliphatic heterocycles. The zero-order valence-corrected chi connectivity index (χ0v) is 16.4. The molecule has 0 heterocycles. The number of nitrogens with zero attached hydrogens (tertiary/aromatic N) is 1. The number of hydrogen-bond acceptors (Lipinski definition) is 6. The highest BCUT2D eigenvalue weighted by molar-refractivity contribution is 9.11. The van der Waals surface area contributed by atoms with Crippen molar-refractivity contribution < 1.29 is 20.2 Å². The summed E-state index contributed by atoms with van der Waals surface area (Å²) >= 11 is 6.44. The lowest BCUT2D eigenvalue weighted by Crippen LogP contribution is -2.21. The van der Waals surface area contributed by atoms with Crippen molar-refractivity contribution in [2.45, 2.75) is 6.23 Å². The van der Waals surface area contributed by atoms with Gasteiger partial charge < -0.3 is 15.4 Å². The molecule has 1 amide bonds. The van der Waals surface area contributed by atoms with Crippen LogP contribution in [0, 0.1) is 0 Å². The van der Waals surface area contributed by atoms with Gasteiger partial charge in [-0.25, -0.2) is 5.43 Å². The average Bonchev–Trinajstić information content (AvgIpc) is 2.64. The van der Waals surface area contributed by atoms with E-state index in [1.807, 2.05) is 0 Å². The Morgan fingerprint density at radius 2 is 1.85 bits per heavy atom. The molecule has 0 aromatic heterocycles. The fourth-order valence-corrected chi connectivity index (χ4v) is 3.14. The van der Waals surface area contributed by atoms with Crippen LogP contribution in [-0.4, -0.2) is 33.8 Å². The van der Waals surface area contributed by atoms with Gasteiger partial charge in [-0.1, -0.05) is 18.2 Å². The Hall–Kier alpha value is -2.04. The van der Waals surface area contributed by atoms with Crippen molar-refractivity contribution in [3.63, 3.8) is 0 Å². The number of halogens is 2. The average molecular weight is 485 g/mol.